The first kappa shape index (κ1) is 19.5. The molecule has 23 heavy (non-hydrogen) atoms. The van der Waals surface area contributed by atoms with Gasteiger partial charge in [0.2, 0.25) is 0 Å². The van der Waals surface area contributed by atoms with Crippen LogP contribution in [-0.4, -0.2) is 75.5 Å². The smallest absolute Gasteiger partial charge is 0.166 e. The zero-order valence-corrected chi connectivity index (χ0v) is 15.1. The van der Waals surface area contributed by atoms with Crippen molar-refractivity contribution in [3.63, 3.8) is 0 Å². The predicted molar refractivity (Wildman–Crippen MR) is 98.6 cm³/mol. The molecule has 0 aromatic carbocycles. The molecule has 0 amide bonds. The third-order valence-electron chi connectivity index (χ3n) is 3.15. The fraction of sp³-hybridized carbons (Fsp3) is 0.667. The number of rotatable bonds is 10. The fourth-order valence-electron chi connectivity index (χ4n) is 1.61. The molecule has 1 aromatic heterocycles. The summed E-state index contributed by atoms with van der Waals surface area (Å²) < 4.78 is 0. The van der Waals surface area contributed by atoms with Gasteiger partial charge in [0.1, 0.15) is 5.82 Å². The number of nitrogens with zero attached hydrogens (tertiary/aromatic N) is 4. The van der Waals surface area contributed by atoms with Crippen molar-refractivity contribution in [3.05, 3.63) is 11.6 Å². The Morgan fingerprint density at radius 2 is 1.57 bits per heavy atom. The van der Waals surface area contributed by atoms with Crippen LogP contribution in [0.5, 0.6) is 0 Å². The maximum absolute atomic E-state index is 5.50. The first-order chi connectivity index (χ1) is 10.9. The van der Waals surface area contributed by atoms with Crippen LogP contribution in [0.15, 0.2) is 0 Å². The number of thiocarbonyl (C=S) groups is 2. The summed E-state index contributed by atoms with van der Waals surface area (Å²) in [6.07, 6.45) is 0. The van der Waals surface area contributed by atoms with Crippen LogP contribution < -0.4 is 22.1 Å². The van der Waals surface area contributed by atoms with Crippen LogP contribution in [0.1, 0.15) is 11.6 Å². The summed E-state index contributed by atoms with van der Waals surface area (Å²) in [4.78, 5) is 8.01. The summed E-state index contributed by atoms with van der Waals surface area (Å²) in [6.45, 7) is 4.20. The topological polar surface area (TPSA) is 124 Å². The summed E-state index contributed by atoms with van der Waals surface area (Å²) in [6, 6.07) is 0. The molecule has 0 aliphatic rings. The lowest BCUT2D eigenvalue weighted by Gasteiger charge is -2.16. The SMILES string of the molecule is CN(CCNCc1n[nH]c(CNCCN(C)C(N)=S)n1)C(N)=S. The van der Waals surface area contributed by atoms with Gasteiger partial charge in [0.25, 0.3) is 0 Å². The van der Waals surface area contributed by atoms with Crippen LogP contribution in [-0.2, 0) is 13.1 Å². The minimum absolute atomic E-state index is 0.388. The van der Waals surface area contributed by atoms with E-state index in [2.05, 4.69) is 25.8 Å². The second-order valence-electron chi connectivity index (χ2n) is 5.07. The van der Waals surface area contributed by atoms with Crippen molar-refractivity contribution < 1.29 is 0 Å². The van der Waals surface area contributed by atoms with Gasteiger partial charge in [-0.25, -0.2) is 4.98 Å². The zero-order chi connectivity index (χ0) is 17.2. The number of aromatic nitrogens is 3. The molecule has 0 aliphatic heterocycles. The van der Waals surface area contributed by atoms with E-state index in [4.69, 9.17) is 35.9 Å². The van der Waals surface area contributed by atoms with E-state index < -0.39 is 0 Å². The van der Waals surface area contributed by atoms with Gasteiger partial charge >= 0.3 is 0 Å². The lowest BCUT2D eigenvalue weighted by Crippen LogP contribution is -2.37. The molecule has 1 aromatic rings. The summed E-state index contributed by atoms with van der Waals surface area (Å²) in [5.41, 5.74) is 11.0. The number of aromatic amines is 1. The Morgan fingerprint density at radius 1 is 1.04 bits per heavy atom. The van der Waals surface area contributed by atoms with Gasteiger partial charge < -0.3 is 31.9 Å². The van der Waals surface area contributed by atoms with Crippen molar-refractivity contribution in [1.82, 2.24) is 35.6 Å². The molecule has 0 saturated heterocycles. The Balaban J connectivity index is 2.17. The number of H-pyrrole nitrogens is 1. The van der Waals surface area contributed by atoms with Gasteiger partial charge in [-0.15, -0.1) is 0 Å². The van der Waals surface area contributed by atoms with E-state index in [0.29, 0.717) is 23.3 Å². The lowest BCUT2D eigenvalue weighted by molar-refractivity contribution is 0.480. The van der Waals surface area contributed by atoms with Gasteiger partial charge in [-0.3, -0.25) is 5.10 Å². The molecular formula is C12H25N9S2. The van der Waals surface area contributed by atoms with E-state index in [1.165, 1.54) is 0 Å². The molecule has 0 saturated carbocycles. The van der Waals surface area contributed by atoms with Crippen LogP contribution in [0, 0.1) is 0 Å². The van der Waals surface area contributed by atoms with Gasteiger partial charge in [-0.05, 0) is 24.4 Å². The Hall–Kier alpha value is -1.56. The van der Waals surface area contributed by atoms with Crippen molar-refractivity contribution in [2.24, 2.45) is 11.5 Å². The average molecular weight is 360 g/mol. The highest BCUT2D eigenvalue weighted by molar-refractivity contribution is 7.80. The molecule has 0 fully saturated rings. The second-order valence-corrected chi connectivity index (χ2v) is 5.91. The monoisotopic (exact) mass is 359 g/mol. The normalized spacial score (nSPS) is 10.5. The zero-order valence-electron chi connectivity index (χ0n) is 13.5. The lowest BCUT2D eigenvalue weighted by atomic mass is 10.5. The second kappa shape index (κ2) is 10.3. The predicted octanol–water partition coefficient (Wildman–Crippen LogP) is -1.67. The van der Waals surface area contributed by atoms with Gasteiger partial charge in [0.15, 0.2) is 16.0 Å². The molecule has 0 unspecified atom stereocenters. The number of nitrogens with two attached hydrogens (primary N) is 2. The third kappa shape index (κ3) is 8.02. The molecular weight excluding hydrogens is 334 g/mol. The average Bonchev–Trinajstić information content (AvgIpc) is 2.95. The van der Waals surface area contributed by atoms with E-state index in [1.54, 1.807) is 4.90 Å². The van der Waals surface area contributed by atoms with Crippen LogP contribution in [0.25, 0.3) is 0 Å². The first-order valence-corrected chi connectivity index (χ1v) is 8.04. The molecule has 0 radical (unpaired) electrons. The van der Waals surface area contributed by atoms with Gasteiger partial charge in [0, 0.05) is 40.3 Å². The van der Waals surface area contributed by atoms with Crippen LogP contribution in [0.3, 0.4) is 0 Å². The summed E-state index contributed by atoms with van der Waals surface area (Å²) in [7, 11) is 3.71. The van der Waals surface area contributed by atoms with Crippen molar-refractivity contribution >= 4 is 34.7 Å². The van der Waals surface area contributed by atoms with Crippen molar-refractivity contribution in [3.8, 4) is 0 Å². The minimum atomic E-state index is 0.388. The third-order valence-corrected chi connectivity index (χ3v) is 3.78. The highest BCUT2D eigenvalue weighted by Crippen LogP contribution is 1.92. The Labute approximate surface area is 147 Å². The standard InChI is InChI=1S/C12H25N9S2/c1-20(11(13)22)5-3-15-7-9-17-10(19-18-9)8-16-4-6-21(2)12(14)23/h15-16H,3-8H2,1-2H3,(H2,13,22)(H2,14,23)(H,17,18,19). The van der Waals surface area contributed by atoms with Gasteiger partial charge in [-0.1, -0.05) is 0 Å². The number of hydrogen-bond donors (Lipinski definition) is 5. The summed E-state index contributed by atoms with van der Waals surface area (Å²) >= 11 is 9.74. The van der Waals surface area contributed by atoms with Crippen LogP contribution in [0.2, 0.25) is 0 Å². The molecule has 0 bridgehead atoms. The van der Waals surface area contributed by atoms with Gasteiger partial charge in [-0.2, -0.15) is 5.10 Å². The molecule has 130 valence electrons. The molecule has 0 atom stereocenters. The maximum Gasteiger partial charge on any atom is 0.166 e. The maximum atomic E-state index is 5.50. The van der Waals surface area contributed by atoms with E-state index in [9.17, 15) is 0 Å². The molecule has 11 heteroatoms. The Morgan fingerprint density at radius 3 is 2.09 bits per heavy atom. The molecule has 9 nitrogen and oxygen atoms in total. The van der Waals surface area contributed by atoms with Crippen molar-refractivity contribution in [2.75, 3.05) is 40.3 Å². The van der Waals surface area contributed by atoms with E-state index in [0.717, 1.165) is 37.8 Å². The first-order valence-electron chi connectivity index (χ1n) is 7.23. The molecule has 1 heterocycles. The fourth-order valence-corrected chi connectivity index (χ4v) is 1.80. The molecule has 0 spiro atoms. The van der Waals surface area contributed by atoms with E-state index >= 15 is 0 Å². The summed E-state index contributed by atoms with van der Waals surface area (Å²) in [5, 5.41) is 14.3. The summed E-state index contributed by atoms with van der Waals surface area (Å²) in [5.74, 6) is 1.51. The van der Waals surface area contributed by atoms with Gasteiger partial charge in [0.05, 0.1) is 13.1 Å². The molecule has 1 rings (SSSR count). The number of likely N-dealkylation sites (N-methyl/N-ethyl adjacent to an activating group) is 2. The minimum Gasteiger partial charge on any atom is -0.376 e. The Bertz CT molecular complexity index is 462. The van der Waals surface area contributed by atoms with E-state index in [1.807, 2.05) is 19.0 Å². The quantitative estimate of drug-likeness (QED) is 0.245. The van der Waals surface area contributed by atoms with E-state index in [-0.39, 0.29) is 0 Å². The Kier molecular flexibility index (Phi) is 8.69. The highest BCUT2D eigenvalue weighted by atomic mass is 32.1. The molecule has 7 N–H and O–H groups in total. The highest BCUT2D eigenvalue weighted by Gasteiger charge is 2.04. The largest absolute Gasteiger partial charge is 0.376 e. The number of hydrogen-bond acceptors (Lipinski definition) is 6. The van der Waals surface area contributed by atoms with Crippen LogP contribution in [0.4, 0.5) is 0 Å². The molecule has 0 aliphatic carbocycles. The van der Waals surface area contributed by atoms with Crippen LogP contribution >= 0.6 is 24.4 Å². The van der Waals surface area contributed by atoms with Crippen molar-refractivity contribution in [2.45, 2.75) is 13.1 Å². The van der Waals surface area contributed by atoms with Crippen molar-refractivity contribution in [1.29, 1.82) is 0 Å². The number of nitrogens with one attached hydrogen (secondary N) is 3.